The zero-order valence-corrected chi connectivity index (χ0v) is 17.7. The van der Waals surface area contributed by atoms with Gasteiger partial charge in [0, 0.05) is 17.4 Å². The zero-order chi connectivity index (χ0) is 22.2. The second kappa shape index (κ2) is 7.82. The molecule has 0 unspecified atom stereocenters. The van der Waals surface area contributed by atoms with Crippen molar-refractivity contribution in [3.05, 3.63) is 52.8 Å². The number of hydrogen-bond donors (Lipinski definition) is 3. The molecule has 1 amide bonds. The summed E-state index contributed by atoms with van der Waals surface area (Å²) in [7, 11) is 0. The molecule has 160 valence electrons. The summed E-state index contributed by atoms with van der Waals surface area (Å²) in [5.74, 6) is -0.415. The largest absolute Gasteiger partial charge is 0.466 e. The fourth-order valence-corrected chi connectivity index (χ4v) is 3.93. The number of nitrogens with two attached hydrogens (primary N) is 1. The van der Waals surface area contributed by atoms with Gasteiger partial charge >= 0.3 is 5.97 Å². The summed E-state index contributed by atoms with van der Waals surface area (Å²) >= 11 is 0. The molecule has 0 saturated carbocycles. The van der Waals surface area contributed by atoms with Gasteiger partial charge in [0.1, 0.15) is 11.4 Å². The number of nitrogens with zero attached hydrogens (tertiary/aromatic N) is 3. The Morgan fingerprint density at radius 1 is 1.23 bits per heavy atom. The number of rotatable bonds is 5. The number of anilines is 2. The molecule has 1 aromatic carbocycles. The van der Waals surface area contributed by atoms with Crippen molar-refractivity contribution >= 4 is 23.5 Å². The zero-order valence-electron chi connectivity index (χ0n) is 17.7. The van der Waals surface area contributed by atoms with E-state index in [0.29, 0.717) is 35.8 Å². The van der Waals surface area contributed by atoms with Crippen LogP contribution in [0.5, 0.6) is 0 Å². The Morgan fingerprint density at radius 3 is 2.68 bits per heavy atom. The number of amides is 1. The van der Waals surface area contributed by atoms with E-state index in [0.717, 1.165) is 16.7 Å². The lowest BCUT2D eigenvalue weighted by Gasteiger charge is -2.30. The number of aromatic nitrogens is 4. The lowest BCUT2D eigenvalue weighted by atomic mass is 9.73. The number of nitrogen functional groups attached to an aromatic ring is 1. The van der Waals surface area contributed by atoms with Gasteiger partial charge in [-0.2, -0.15) is 5.10 Å². The van der Waals surface area contributed by atoms with Crippen molar-refractivity contribution in [2.24, 2.45) is 0 Å². The van der Waals surface area contributed by atoms with E-state index in [2.05, 4.69) is 39.3 Å². The number of esters is 1. The molecule has 0 aliphatic heterocycles. The SMILES string of the molecule is CCOC(=O)Cc1ccc(NC(=O)c2[nH]nc3c2C(C)(C)Cc2cnc(N)nc2-3)cc1. The molecule has 1 aliphatic carbocycles. The topological polar surface area (TPSA) is 136 Å². The molecule has 9 heteroatoms. The fourth-order valence-electron chi connectivity index (χ4n) is 3.93. The van der Waals surface area contributed by atoms with Gasteiger partial charge in [-0.1, -0.05) is 26.0 Å². The number of H-pyrrole nitrogens is 1. The molecule has 3 aromatic rings. The number of ether oxygens (including phenoxy) is 1. The van der Waals surface area contributed by atoms with Gasteiger partial charge in [-0.3, -0.25) is 14.7 Å². The Balaban J connectivity index is 1.58. The highest BCUT2D eigenvalue weighted by molar-refractivity contribution is 6.05. The maximum Gasteiger partial charge on any atom is 0.310 e. The number of nitrogens with one attached hydrogen (secondary N) is 2. The first-order valence-corrected chi connectivity index (χ1v) is 10.0. The first-order valence-electron chi connectivity index (χ1n) is 10.0. The highest BCUT2D eigenvalue weighted by Gasteiger charge is 2.38. The predicted molar refractivity (Wildman–Crippen MR) is 115 cm³/mol. The van der Waals surface area contributed by atoms with Gasteiger partial charge in [0.25, 0.3) is 5.91 Å². The summed E-state index contributed by atoms with van der Waals surface area (Å²) in [5, 5.41) is 10.1. The van der Waals surface area contributed by atoms with Crippen molar-refractivity contribution in [2.45, 2.75) is 39.0 Å². The predicted octanol–water partition coefficient (Wildman–Crippen LogP) is 2.64. The van der Waals surface area contributed by atoms with Crippen molar-refractivity contribution in [3.63, 3.8) is 0 Å². The second-order valence-electron chi connectivity index (χ2n) is 8.12. The number of aromatic amines is 1. The van der Waals surface area contributed by atoms with Crippen LogP contribution in [0.3, 0.4) is 0 Å². The minimum Gasteiger partial charge on any atom is -0.466 e. The van der Waals surface area contributed by atoms with E-state index in [9.17, 15) is 9.59 Å². The Hall–Kier alpha value is -3.75. The number of hydrogen-bond acceptors (Lipinski definition) is 7. The van der Waals surface area contributed by atoms with Crippen LogP contribution in [-0.2, 0) is 27.8 Å². The minimum atomic E-state index is -0.342. The van der Waals surface area contributed by atoms with E-state index in [4.69, 9.17) is 10.5 Å². The Kier molecular flexibility index (Phi) is 5.18. The van der Waals surface area contributed by atoms with Crippen molar-refractivity contribution in [2.75, 3.05) is 17.7 Å². The fraction of sp³-hybridized carbons (Fsp3) is 0.318. The highest BCUT2D eigenvalue weighted by Crippen LogP contribution is 2.42. The van der Waals surface area contributed by atoms with Crippen LogP contribution in [0.2, 0.25) is 0 Å². The van der Waals surface area contributed by atoms with Gasteiger partial charge in [-0.25, -0.2) is 9.97 Å². The Labute approximate surface area is 179 Å². The number of carbonyl (C=O) groups excluding carboxylic acids is 2. The Morgan fingerprint density at radius 2 is 1.97 bits per heavy atom. The molecule has 4 N–H and O–H groups in total. The van der Waals surface area contributed by atoms with Gasteiger partial charge in [0.05, 0.1) is 18.7 Å². The average molecular weight is 420 g/mol. The maximum atomic E-state index is 13.0. The third-order valence-electron chi connectivity index (χ3n) is 5.28. The summed E-state index contributed by atoms with van der Waals surface area (Å²) < 4.78 is 4.96. The van der Waals surface area contributed by atoms with Crippen LogP contribution in [0.4, 0.5) is 11.6 Å². The molecule has 31 heavy (non-hydrogen) atoms. The normalized spacial score (nSPS) is 13.8. The standard InChI is InChI=1S/C22H24N6O3/c1-4-31-15(29)9-12-5-7-14(8-6-12)25-20(30)19-16-18(27-28-19)17-13(10-22(16,2)3)11-24-21(23)26-17/h5-8,11H,4,9-10H2,1-3H3,(H,25,30)(H,27,28)(H2,23,24,26). The Bertz CT molecular complexity index is 1150. The van der Waals surface area contributed by atoms with Crippen molar-refractivity contribution in [3.8, 4) is 11.4 Å². The molecule has 0 atom stereocenters. The molecule has 0 fully saturated rings. The summed E-state index contributed by atoms with van der Waals surface area (Å²) in [4.78, 5) is 33.1. The van der Waals surface area contributed by atoms with Crippen LogP contribution in [0, 0.1) is 0 Å². The minimum absolute atomic E-state index is 0.168. The van der Waals surface area contributed by atoms with E-state index >= 15 is 0 Å². The highest BCUT2D eigenvalue weighted by atomic mass is 16.5. The molecular formula is C22H24N6O3. The van der Waals surface area contributed by atoms with Gasteiger partial charge in [-0.15, -0.1) is 0 Å². The van der Waals surface area contributed by atoms with Gasteiger partial charge in [0.2, 0.25) is 5.95 Å². The molecule has 2 aromatic heterocycles. The monoisotopic (exact) mass is 420 g/mol. The van der Waals surface area contributed by atoms with E-state index in [1.165, 1.54) is 0 Å². The van der Waals surface area contributed by atoms with Crippen LogP contribution in [-0.4, -0.2) is 38.6 Å². The molecule has 0 bridgehead atoms. The van der Waals surface area contributed by atoms with Crippen molar-refractivity contribution in [1.29, 1.82) is 0 Å². The quantitative estimate of drug-likeness (QED) is 0.540. The smallest absolute Gasteiger partial charge is 0.310 e. The lowest BCUT2D eigenvalue weighted by Crippen LogP contribution is -2.29. The molecular weight excluding hydrogens is 396 g/mol. The van der Waals surface area contributed by atoms with Crippen LogP contribution < -0.4 is 11.1 Å². The van der Waals surface area contributed by atoms with Gasteiger partial charge in [-0.05, 0) is 42.0 Å². The van der Waals surface area contributed by atoms with Crippen LogP contribution >= 0.6 is 0 Å². The second-order valence-corrected chi connectivity index (χ2v) is 8.12. The maximum absolute atomic E-state index is 13.0. The molecule has 0 saturated heterocycles. The average Bonchev–Trinajstić information content (AvgIpc) is 3.17. The van der Waals surface area contributed by atoms with Gasteiger partial charge < -0.3 is 15.8 Å². The van der Waals surface area contributed by atoms with E-state index in [1.54, 1.807) is 37.4 Å². The molecule has 9 nitrogen and oxygen atoms in total. The van der Waals surface area contributed by atoms with Crippen molar-refractivity contribution in [1.82, 2.24) is 20.2 Å². The summed E-state index contributed by atoms with van der Waals surface area (Å²) in [6.45, 7) is 6.23. The van der Waals surface area contributed by atoms with E-state index < -0.39 is 0 Å². The summed E-state index contributed by atoms with van der Waals surface area (Å²) in [5.41, 5.74) is 10.3. The number of benzene rings is 1. The first-order chi connectivity index (χ1) is 14.8. The number of carbonyl (C=O) groups is 2. The first kappa shape index (κ1) is 20.5. The molecule has 2 heterocycles. The molecule has 4 rings (SSSR count). The van der Waals surface area contributed by atoms with Crippen LogP contribution in [0.1, 0.15) is 48.0 Å². The third kappa shape index (κ3) is 3.98. The number of fused-ring (bicyclic) bond motifs is 3. The van der Waals surface area contributed by atoms with Crippen molar-refractivity contribution < 1.29 is 14.3 Å². The molecule has 0 spiro atoms. The molecule has 1 aliphatic rings. The van der Waals surface area contributed by atoms with E-state index in [1.807, 2.05) is 0 Å². The van der Waals surface area contributed by atoms with Gasteiger partial charge in [0.15, 0.2) is 0 Å². The van der Waals surface area contributed by atoms with Crippen LogP contribution in [0.25, 0.3) is 11.4 Å². The molecule has 0 radical (unpaired) electrons. The van der Waals surface area contributed by atoms with E-state index in [-0.39, 0.29) is 29.7 Å². The summed E-state index contributed by atoms with van der Waals surface area (Å²) in [6.07, 6.45) is 2.57. The summed E-state index contributed by atoms with van der Waals surface area (Å²) in [6, 6.07) is 7.08. The third-order valence-corrected chi connectivity index (χ3v) is 5.28. The van der Waals surface area contributed by atoms with Crippen LogP contribution in [0.15, 0.2) is 30.5 Å². The lowest BCUT2D eigenvalue weighted by molar-refractivity contribution is -0.142.